The highest BCUT2D eigenvalue weighted by Gasteiger charge is 1.83. The normalized spacial score (nSPS) is 9.16. The smallest absolute Gasteiger partial charge is 0.00490 e. The Bertz CT molecular complexity index is 98.2. The number of rotatable bonds is 10. The Morgan fingerprint density at radius 1 is 0.526 bits per heavy atom. The molecule has 0 saturated heterocycles. The summed E-state index contributed by atoms with van der Waals surface area (Å²) < 4.78 is 0. The molecule has 0 aliphatic carbocycles. The van der Waals surface area contributed by atoms with Gasteiger partial charge in [0.05, 0.1) is 0 Å². The van der Waals surface area contributed by atoms with E-state index in [2.05, 4.69) is 43.6 Å². The Morgan fingerprint density at radius 3 is 1.11 bits per heavy atom. The first-order valence-corrected chi connectivity index (χ1v) is 8.24. The molecule has 0 heterocycles. The molecule has 0 aliphatic heterocycles. The van der Waals surface area contributed by atoms with Gasteiger partial charge in [0.2, 0.25) is 0 Å². The second-order valence-electron chi connectivity index (χ2n) is 4.71. The summed E-state index contributed by atoms with van der Waals surface area (Å²) in [5, 5.41) is 9.42. The van der Waals surface area contributed by atoms with E-state index in [-0.39, 0.29) is 0 Å². The molecular weight excluding hydrogens is 234 g/mol. The lowest BCUT2D eigenvalue weighted by atomic mass is 10.3. The minimum Gasteiger partial charge on any atom is -0.323 e. The van der Waals surface area contributed by atoms with Gasteiger partial charge >= 0.3 is 0 Å². The predicted octanol–water partition coefficient (Wildman–Crippen LogP) is 3.41. The summed E-state index contributed by atoms with van der Waals surface area (Å²) in [6.45, 7) is 13.6. The first kappa shape index (κ1) is 23.9. The van der Waals surface area contributed by atoms with Gasteiger partial charge in [-0.05, 0) is 66.0 Å². The van der Waals surface area contributed by atoms with E-state index in [0.717, 1.165) is 0 Å². The molecule has 19 heavy (non-hydrogen) atoms. The fourth-order valence-electron chi connectivity index (χ4n) is 1.21. The van der Waals surface area contributed by atoms with Gasteiger partial charge in [-0.2, -0.15) is 0 Å². The molecule has 0 saturated carbocycles. The van der Waals surface area contributed by atoms with E-state index in [9.17, 15) is 0 Å². The lowest BCUT2D eigenvalue weighted by molar-refractivity contribution is 0.611. The van der Waals surface area contributed by atoms with Crippen LogP contribution in [0.5, 0.6) is 0 Å². The van der Waals surface area contributed by atoms with Gasteiger partial charge in [-0.15, -0.1) is 0 Å². The fraction of sp³-hybridized carbons (Fsp3) is 1.00. The van der Waals surface area contributed by atoms with E-state index in [1.54, 1.807) is 0 Å². The van der Waals surface area contributed by atoms with Gasteiger partial charge in [0.1, 0.15) is 0 Å². The first-order valence-electron chi connectivity index (χ1n) is 8.24. The SMILES string of the molecule is CCCCNCCCC.CCCNCCC.CNC. The van der Waals surface area contributed by atoms with Gasteiger partial charge in [0.15, 0.2) is 0 Å². The zero-order valence-electron chi connectivity index (χ0n) is 14.6. The maximum atomic E-state index is 3.39. The molecule has 0 rings (SSSR count). The van der Waals surface area contributed by atoms with Crippen LogP contribution < -0.4 is 16.0 Å². The van der Waals surface area contributed by atoms with Gasteiger partial charge < -0.3 is 16.0 Å². The summed E-state index contributed by atoms with van der Waals surface area (Å²) in [5.41, 5.74) is 0. The van der Waals surface area contributed by atoms with Gasteiger partial charge in [-0.3, -0.25) is 0 Å². The highest BCUT2D eigenvalue weighted by atomic mass is 14.8. The highest BCUT2D eigenvalue weighted by molar-refractivity contribution is 4.45. The summed E-state index contributed by atoms with van der Waals surface area (Å²) in [4.78, 5) is 0. The molecule has 0 amide bonds. The van der Waals surface area contributed by atoms with Crippen LogP contribution in [0, 0.1) is 0 Å². The van der Waals surface area contributed by atoms with Crippen LogP contribution in [0.3, 0.4) is 0 Å². The molecular formula is C16H41N3. The van der Waals surface area contributed by atoms with Crippen LogP contribution in [0.4, 0.5) is 0 Å². The van der Waals surface area contributed by atoms with Crippen LogP contribution >= 0.6 is 0 Å². The number of unbranched alkanes of at least 4 members (excludes halogenated alkanes) is 2. The zero-order chi connectivity index (χ0) is 15.2. The van der Waals surface area contributed by atoms with Crippen molar-refractivity contribution in [3.63, 3.8) is 0 Å². The summed E-state index contributed by atoms with van der Waals surface area (Å²) in [7, 11) is 3.75. The fourth-order valence-corrected chi connectivity index (χ4v) is 1.21. The quantitative estimate of drug-likeness (QED) is 0.535. The lowest BCUT2D eigenvalue weighted by Gasteiger charge is -1.99. The topological polar surface area (TPSA) is 36.1 Å². The van der Waals surface area contributed by atoms with Gasteiger partial charge in [-0.25, -0.2) is 0 Å². The molecule has 0 aromatic rings. The Kier molecular flexibility index (Phi) is 38.7. The van der Waals surface area contributed by atoms with E-state index < -0.39 is 0 Å². The van der Waals surface area contributed by atoms with Crippen LogP contribution in [0.2, 0.25) is 0 Å². The number of nitrogens with one attached hydrogen (secondary N) is 3. The third-order valence-electron chi connectivity index (χ3n) is 2.27. The Labute approximate surface area is 123 Å². The minimum atomic E-state index is 1.17. The van der Waals surface area contributed by atoms with Crippen molar-refractivity contribution >= 4 is 0 Å². The van der Waals surface area contributed by atoms with Crippen molar-refractivity contribution < 1.29 is 0 Å². The third-order valence-corrected chi connectivity index (χ3v) is 2.27. The van der Waals surface area contributed by atoms with Crippen LogP contribution in [-0.4, -0.2) is 40.3 Å². The molecule has 120 valence electrons. The van der Waals surface area contributed by atoms with E-state index in [4.69, 9.17) is 0 Å². The summed E-state index contributed by atoms with van der Waals surface area (Å²) in [6, 6.07) is 0. The maximum Gasteiger partial charge on any atom is -0.00490 e. The van der Waals surface area contributed by atoms with Crippen LogP contribution in [0.25, 0.3) is 0 Å². The molecule has 0 bridgehead atoms. The molecule has 3 heteroatoms. The van der Waals surface area contributed by atoms with Crippen molar-refractivity contribution in [1.29, 1.82) is 0 Å². The zero-order valence-corrected chi connectivity index (χ0v) is 14.6. The molecule has 0 fully saturated rings. The monoisotopic (exact) mass is 275 g/mol. The Morgan fingerprint density at radius 2 is 0.842 bits per heavy atom. The molecule has 3 N–H and O–H groups in total. The van der Waals surface area contributed by atoms with Crippen molar-refractivity contribution in [2.75, 3.05) is 40.3 Å². The van der Waals surface area contributed by atoms with Crippen molar-refractivity contribution in [3.05, 3.63) is 0 Å². The standard InChI is InChI=1S/C8H19N.C6H15N.C2H7N/c1-3-5-7-9-8-6-4-2;1-3-5-7-6-4-2;1-3-2/h9H,3-8H2,1-2H3;7H,3-6H2,1-2H3;3H,1-2H3. The number of hydrogen-bond donors (Lipinski definition) is 3. The molecule has 0 aliphatic rings. The average molecular weight is 276 g/mol. The molecule has 0 atom stereocenters. The maximum absolute atomic E-state index is 3.39. The molecule has 0 aromatic heterocycles. The van der Waals surface area contributed by atoms with Crippen molar-refractivity contribution in [3.8, 4) is 0 Å². The minimum absolute atomic E-state index is 1.17. The van der Waals surface area contributed by atoms with E-state index >= 15 is 0 Å². The molecule has 0 aromatic carbocycles. The Balaban J connectivity index is -0.000000228. The summed E-state index contributed by atoms with van der Waals surface area (Å²) in [5.74, 6) is 0. The van der Waals surface area contributed by atoms with E-state index in [1.165, 1.54) is 64.7 Å². The second-order valence-corrected chi connectivity index (χ2v) is 4.71. The second kappa shape index (κ2) is 30.7. The molecule has 0 spiro atoms. The average Bonchev–Trinajstić information content (AvgIpc) is 2.41. The third kappa shape index (κ3) is 46.2. The predicted molar refractivity (Wildman–Crippen MR) is 91.1 cm³/mol. The highest BCUT2D eigenvalue weighted by Crippen LogP contribution is 1.85. The van der Waals surface area contributed by atoms with E-state index in [0.29, 0.717) is 0 Å². The summed E-state index contributed by atoms with van der Waals surface area (Å²) >= 11 is 0. The number of hydrogen-bond acceptors (Lipinski definition) is 3. The van der Waals surface area contributed by atoms with Gasteiger partial charge in [-0.1, -0.05) is 40.5 Å². The molecule has 0 radical (unpaired) electrons. The van der Waals surface area contributed by atoms with Gasteiger partial charge in [0.25, 0.3) is 0 Å². The molecule has 3 nitrogen and oxygen atoms in total. The van der Waals surface area contributed by atoms with Crippen LogP contribution in [0.1, 0.15) is 66.2 Å². The van der Waals surface area contributed by atoms with Gasteiger partial charge in [0, 0.05) is 0 Å². The first-order chi connectivity index (χ1) is 9.24. The molecule has 0 unspecified atom stereocenters. The largest absolute Gasteiger partial charge is 0.323 e. The van der Waals surface area contributed by atoms with Crippen molar-refractivity contribution in [1.82, 2.24) is 16.0 Å². The summed E-state index contributed by atoms with van der Waals surface area (Å²) in [6.07, 6.45) is 7.76. The van der Waals surface area contributed by atoms with E-state index in [1.807, 2.05) is 14.1 Å². The lowest BCUT2D eigenvalue weighted by Crippen LogP contribution is -2.15. The Hall–Kier alpha value is -0.120. The van der Waals surface area contributed by atoms with Crippen molar-refractivity contribution in [2.45, 2.75) is 66.2 Å². The van der Waals surface area contributed by atoms with Crippen molar-refractivity contribution in [2.24, 2.45) is 0 Å². The van der Waals surface area contributed by atoms with Crippen LogP contribution in [-0.2, 0) is 0 Å². The van der Waals surface area contributed by atoms with Crippen LogP contribution in [0.15, 0.2) is 0 Å².